The number of hydrogen-bond donors (Lipinski definition) is 3. The van der Waals surface area contributed by atoms with E-state index in [1.54, 1.807) is 11.8 Å². The Morgan fingerprint density at radius 3 is 2.81 bits per heavy atom. The zero-order valence-electron chi connectivity index (χ0n) is 9.06. The molecule has 16 heavy (non-hydrogen) atoms. The second-order valence-corrected chi connectivity index (χ2v) is 4.76. The summed E-state index contributed by atoms with van der Waals surface area (Å²) in [5, 5.41) is 11.6. The molecule has 2 amide bonds. The number of hydrogen-bond acceptors (Lipinski definition) is 4. The minimum absolute atomic E-state index is 0.158. The molecule has 0 aromatic heterocycles. The van der Waals surface area contributed by atoms with Crippen molar-refractivity contribution in [1.82, 2.24) is 10.8 Å². The van der Waals surface area contributed by atoms with Gasteiger partial charge in [-0.3, -0.25) is 4.84 Å². The van der Waals surface area contributed by atoms with Gasteiger partial charge in [-0.15, -0.1) is 0 Å². The lowest BCUT2D eigenvalue weighted by atomic mass is 10.3. The van der Waals surface area contributed by atoms with Gasteiger partial charge in [0.1, 0.15) is 0 Å². The molecule has 0 radical (unpaired) electrons. The number of aliphatic carboxylic acids is 1. The number of rotatable bonds is 5. The monoisotopic (exact) mass is 248 g/mol. The van der Waals surface area contributed by atoms with Crippen molar-refractivity contribution < 1.29 is 19.5 Å². The van der Waals surface area contributed by atoms with Gasteiger partial charge in [-0.2, -0.15) is 11.8 Å². The summed E-state index contributed by atoms with van der Waals surface area (Å²) in [6.07, 6.45) is 5.07. The Balaban J connectivity index is 2.12. The predicted octanol–water partition coefficient (Wildman–Crippen LogP) is 0.586. The molecule has 3 N–H and O–H groups in total. The molecule has 0 spiro atoms. The van der Waals surface area contributed by atoms with Crippen LogP contribution in [0.4, 0.5) is 4.79 Å². The van der Waals surface area contributed by atoms with Crippen LogP contribution in [0.2, 0.25) is 0 Å². The summed E-state index contributed by atoms with van der Waals surface area (Å²) in [5.74, 6) is -1.12. The van der Waals surface area contributed by atoms with Crippen LogP contribution in [0.5, 0.6) is 0 Å². The first-order valence-corrected chi connectivity index (χ1v) is 6.33. The fourth-order valence-electron chi connectivity index (χ4n) is 1.66. The molecule has 92 valence electrons. The molecular formula is C9H16N2O4S. The van der Waals surface area contributed by atoms with Crippen LogP contribution in [0.1, 0.15) is 19.3 Å². The van der Waals surface area contributed by atoms with E-state index in [0.29, 0.717) is 5.25 Å². The van der Waals surface area contributed by atoms with E-state index in [1.165, 1.54) is 0 Å². The third-order valence-electron chi connectivity index (χ3n) is 2.41. The highest BCUT2D eigenvalue weighted by molar-refractivity contribution is 7.99. The number of hydroxylamine groups is 1. The Morgan fingerprint density at radius 2 is 2.25 bits per heavy atom. The smallest absolute Gasteiger partial charge is 0.338 e. The summed E-state index contributed by atoms with van der Waals surface area (Å²) < 4.78 is 0. The summed E-state index contributed by atoms with van der Waals surface area (Å²) in [6, 6.07) is -0.320. The second-order valence-electron chi connectivity index (χ2n) is 3.63. The highest BCUT2D eigenvalue weighted by atomic mass is 32.2. The predicted molar refractivity (Wildman–Crippen MR) is 60.2 cm³/mol. The molecule has 2 atom stereocenters. The van der Waals surface area contributed by atoms with Gasteiger partial charge in [-0.1, -0.05) is 0 Å². The van der Waals surface area contributed by atoms with Crippen LogP contribution in [-0.4, -0.2) is 41.3 Å². The lowest BCUT2D eigenvalue weighted by Gasteiger charge is -2.12. The molecular weight excluding hydrogens is 232 g/mol. The van der Waals surface area contributed by atoms with Crippen LogP contribution in [0.15, 0.2) is 0 Å². The van der Waals surface area contributed by atoms with E-state index >= 15 is 0 Å². The molecule has 0 aliphatic heterocycles. The molecule has 0 aromatic carbocycles. The number of nitrogens with one attached hydrogen (secondary N) is 2. The highest BCUT2D eigenvalue weighted by Crippen LogP contribution is 2.27. The van der Waals surface area contributed by atoms with E-state index in [9.17, 15) is 9.59 Å². The van der Waals surface area contributed by atoms with Crippen molar-refractivity contribution in [1.29, 1.82) is 0 Å². The van der Waals surface area contributed by atoms with Gasteiger partial charge in [0, 0.05) is 11.3 Å². The molecule has 2 unspecified atom stereocenters. The maximum atomic E-state index is 11.2. The van der Waals surface area contributed by atoms with Crippen LogP contribution in [0, 0.1) is 0 Å². The van der Waals surface area contributed by atoms with Gasteiger partial charge in [-0.25, -0.2) is 15.1 Å². The van der Waals surface area contributed by atoms with E-state index in [2.05, 4.69) is 16.4 Å². The Labute approximate surface area is 98.1 Å². The first-order chi connectivity index (χ1) is 7.61. The summed E-state index contributed by atoms with van der Waals surface area (Å²) in [4.78, 5) is 25.8. The third-order valence-corrected chi connectivity index (χ3v) is 3.51. The second kappa shape index (κ2) is 6.59. The fraction of sp³-hybridized carbons (Fsp3) is 0.778. The molecule has 7 heteroatoms. The first kappa shape index (κ1) is 13.1. The lowest BCUT2D eigenvalue weighted by molar-refractivity contribution is -0.144. The van der Waals surface area contributed by atoms with Crippen LogP contribution in [0.3, 0.4) is 0 Å². The molecule has 1 saturated carbocycles. The van der Waals surface area contributed by atoms with Crippen molar-refractivity contribution in [3.05, 3.63) is 0 Å². The van der Waals surface area contributed by atoms with Gasteiger partial charge in [-0.05, 0) is 25.5 Å². The molecule has 1 aliphatic carbocycles. The van der Waals surface area contributed by atoms with Gasteiger partial charge < -0.3 is 10.4 Å². The SMILES string of the molecule is CSC1CCC(NC(=O)NOCC(=O)O)C1. The molecule has 1 fully saturated rings. The highest BCUT2D eigenvalue weighted by Gasteiger charge is 2.25. The van der Waals surface area contributed by atoms with Gasteiger partial charge in [0.25, 0.3) is 0 Å². The van der Waals surface area contributed by atoms with Crippen molar-refractivity contribution in [2.75, 3.05) is 12.9 Å². The maximum Gasteiger partial charge on any atom is 0.338 e. The number of amides is 2. The summed E-state index contributed by atoms with van der Waals surface area (Å²) in [5.41, 5.74) is 2.04. The van der Waals surface area contributed by atoms with Crippen molar-refractivity contribution in [3.8, 4) is 0 Å². The van der Waals surface area contributed by atoms with Crippen molar-refractivity contribution in [2.24, 2.45) is 0 Å². The lowest BCUT2D eigenvalue weighted by Crippen LogP contribution is -2.41. The van der Waals surface area contributed by atoms with Crippen LogP contribution < -0.4 is 10.8 Å². The van der Waals surface area contributed by atoms with Gasteiger partial charge in [0.15, 0.2) is 6.61 Å². The number of thioether (sulfide) groups is 1. The maximum absolute atomic E-state index is 11.2. The minimum atomic E-state index is -1.12. The normalized spacial score (nSPS) is 24.1. The average Bonchev–Trinajstić information content (AvgIpc) is 2.65. The number of urea groups is 1. The Morgan fingerprint density at radius 1 is 1.50 bits per heavy atom. The zero-order valence-corrected chi connectivity index (χ0v) is 9.88. The van der Waals surface area contributed by atoms with Crippen molar-refractivity contribution in [3.63, 3.8) is 0 Å². The number of carboxylic acid groups (broad SMARTS) is 1. The molecule has 0 bridgehead atoms. The first-order valence-electron chi connectivity index (χ1n) is 5.04. The summed E-state index contributed by atoms with van der Waals surface area (Å²) in [7, 11) is 0. The van der Waals surface area contributed by atoms with E-state index in [4.69, 9.17) is 5.11 Å². The molecule has 0 aromatic rings. The van der Waals surface area contributed by atoms with Gasteiger partial charge >= 0.3 is 12.0 Å². The molecule has 1 rings (SSSR count). The van der Waals surface area contributed by atoms with E-state index in [0.717, 1.165) is 19.3 Å². The van der Waals surface area contributed by atoms with E-state index in [-0.39, 0.29) is 6.04 Å². The molecule has 6 nitrogen and oxygen atoms in total. The minimum Gasteiger partial charge on any atom is -0.479 e. The largest absolute Gasteiger partial charge is 0.479 e. The van der Waals surface area contributed by atoms with Crippen LogP contribution in [0.25, 0.3) is 0 Å². The fourth-order valence-corrected chi connectivity index (χ4v) is 2.46. The van der Waals surface area contributed by atoms with E-state index in [1.807, 2.05) is 5.48 Å². The zero-order chi connectivity index (χ0) is 12.0. The molecule has 0 saturated heterocycles. The third kappa shape index (κ3) is 4.71. The standard InChI is InChI=1S/C9H16N2O4S/c1-16-7-3-2-6(4-7)10-9(14)11-15-5-8(12)13/h6-7H,2-5H2,1H3,(H,12,13)(H2,10,11,14). The quantitative estimate of drug-likeness (QED) is 0.620. The average molecular weight is 248 g/mol. The van der Waals surface area contributed by atoms with Crippen molar-refractivity contribution >= 4 is 23.8 Å². The number of carbonyl (C=O) groups excluding carboxylic acids is 1. The summed E-state index contributed by atoms with van der Waals surface area (Å²) in [6.45, 7) is -0.536. The van der Waals surface area contributed by atoms with Crippen LogP contribution in [-0.2, 0) is 9.63 Å². The van der Waals surface area contributed by atoms with Crippen molar-refractivity contribution in [2.45, 2.75) is 30.6 Å². The Bertz CT molecular complexity index is 262. The Kier molecular flexibility index (Phi) is 5.41. The van der Waals surface area contributed by atoms with E-state index < -0.39 is 18.6 Å². The molecule has 0 heterocycles. The number of carboxylic acids is 1. The molecule has 1 aliphatic rings. The topological polar surface area (TPSA) is 87.7 Å². The van der Waals surface area contributed by atoms with Crippen LogP contribution >= 0.6 is 11.8 Å². The van der Waals surface area contributed by atoms with Gasteiger partial charge in [0.2, 0.25) is 0 Å². The van der Waals surface area contributed by atoms with Gasteiger partial charge in [0.05, 0.1) is 0 Å². The number of carbonyl (C=O) groups is 2. The summed E-state index contributed by atoms with van der Waals surface area (Å²) >= 11 is 1.80. The Hall–Kier alpha value is -0.950.